The Hall–Kier alpha value is -5.19. The summed E-state index contributed by atoms with van der Waals surface area (Å²) < 4.78 is 27.6. The van der Waals surface area contributed by atoms with Gasteiger partial charge in [0.1, 0.15) is 5.56 Å². The van der Waals surface area contributed by atoms with Crippen molar-refractivity contribution in [1.29, 1.82) is 0 Å². The van der Waals surface area contributed by atoms with Crippen LogP contribution in [0.4, 0.5) is 14.5 Å². The first-order chi connectivity index (χ1) is 18.4. The number of nitrogens with zero attached hydrogens (tertiary/aromatic N) is 3. The Morgan fingerprint density at radius 1 is 1.08 bits per heavy atom. The molecule has 190 valence electrons. The molecule has 0 spiro atoms. The zero-order valence-electron chi connectivity index (χ0n) is 19.7. The number of aromatic amines is 1. The van der Waals surface area contributed by atoms with Crippen LogP contribution in [0.5, 0.6) is 0 Å². The van der Waals surface area contributed by atoms with Crippen molar-refractivity contribution in [2.24, 2.45) is 0 Å². The summed E-state index contributed by atoms with van der Waals surface area (Å²) in [4.78, 5) is 44.5. The molecule has 2 aromatic heterocycles. The van der Waals surface area contributed by atoms with Crippen molar-refractivity contribution in [2.45, 2.75) is 6.54 Å². The molecule has 0 saturated carbocycles. The van der Waals surface area contributed by atoms with E-state index in [-0.39, 0.29) is 24.6 Å². The van der Waals surface area contributed by atoms with E-state index in [9.17, 15) is 23.2 Å². The molecular weight excluding hydrogens is 494 g/mol. The molecule has 0 unspecified atom stereocenters. The largest absolute Gasteiger partial charge is 0.348 e. The number of fused-ring (bicyclic) bond motifs is 1. The van der Waals surface area contributed by atoms with Gasteiger partial charge >= 0.3 is 0 Å². The number of hydrogen-bond donors (Lipinski definition) is 3. The zero-order chi connectivity index (χ0) is 26.6. The third kappa shape index (κ3) is 5.16. The molecule has 0 aliphatic carbocycles. The van der Waals surface area contributed by atoms with E-state index in [1.54, 1.807) is 24.4 Å². The molecule has 0 saturated heterocycles. The van der Waals surface area contributed by atoms with Gasteiger partial charge in [-0.1, -0.05) is 30.4 Å². The highest BCUT2D eigenvalue weighted by Crippen LogP contribution is 2.33. The van der Waals surface area contributed by atoms with Gasteiger partial charge in [0.15, 0.2) is 11.6 Å². The number of carbonyl (C=O) groups is 2. The second-order valence-electron chi connectivity index (χ2n) is 8.39. The van der Waals surface area contributed by atoms with Crippen molar-refractivity contribution in [3.63, 3.8) is 0 Å². The van der Waals surface area contributed by atoms with Crippen molar-refractivity contribution in [1.82, 2.24) is 25.1 Å². The van der Waals surface area contributed by atoms with Gasteiger partial charge in [-0.2, -0.15) is 5.10 Å². The Labute approximate surface area is 214 Å². The summed E-state index contributed by atoms with van der Waals surface area (Å²) >= 11 is 0. The number of hydrogen-bond acceptors (Lipinski definition) is 5. The Bertz CT molecular complexity index is 1660. The standard InChI is InChI=1S/C27H20F2N6O3/c28-22-6-4-17(10-23(22)29)14-35-27(38)20(7-9-33-35)25(36)31-8-1-2-16-3-5-19-21(12-18-13-30-15-32-18)26(37)34-24(19)11-16/h1-7,9-13,15H,8,14H2,(H,30,32)(H,31,36)(H,34,37)/b2-1+,21-12-. The number of halogens is 2. The fourth-order valence-electron chi connectivity index (χ4n) is 3.95. The van der Waals surface area contributed by atoms with E-state index in [2.05, 4.69) is 25.7 Å². The smallest absolute Gasteiger partial charge is 0.279 e. The summed E-state index contributed by atoms with van der Waals surface area (Å²) in [7, 11) is 0. The zero-order valence-corrected chi connectivity index (χ0v) is 19.7. The lowest BCUT2D eigenvalue weighted by atomic mass is 10.0. The van der Waals surface area contributed by atoms with Crippen LogP contribution in [0.1, 0.15) is 32.7 Å². The molecule has 2 aromatic carbocycles. The van der Waals surface area contributed by atoms with Crippen LogP contribution in [0, 0.1) is 11.6 Å². The summed E-state index contributed by atoms with van der Waals surface area (Å²) in [6.07, 6.45) is 9.66. The first-order valence-corrected chi connectivity index (χ1v) is 11.5. The number of benzene rings is 2. The number of aromatic nitrogens is 4. The van der Waals surface area contributed by atoms with E-state index in [1.165, 1.54) is 24.7 Å². The van der Waals surface area contributed by atoms with E-state index in [4.69, 9.17) is 0 Å². The van der Waals surface area contributed by atoms with E-state index >= 15 is 0 Å². The fraction of sp³-hybridized carbons (Fsp3) is 0.0741. The predicted molar refractivity (Wildman–Crippen MR) is 137 cm³/mol. The van der Waals surface area contributed by atoms with Gasteiger partial charge in [-0.15, -0.1) is 0 Å². The molecule has 3 heterocycles. The summed E-state index contributed by atoms with van der Waals surface area (Å²) in [5, 5.41) is 9.40. The van der Waals surface area contributed by atoms with Gasteiger partial charge in [-0.3, -0.25) is 14.4 Å². The summed E-state index contributed by atoms with van der Waals surface area (Å²) in [6.45, 7) is 0.0168. The van der Waals surface area contributed by atoms with Crippen molar-refractivity contribution in [3.05, 3.63) is 117 Å². The molecule has 11 heteroatoms. The maximum Gasteiger partial charge on any atom is 0.279 e. The highest BCUT2D eigenvalue weighted by Gasteiger charge is 2.24. The maximum absolute atomic E-state index is 13.5. The quantitative estimate of drug-likeness (QED) is 0.327. The fourth-order valence-corrected chi connectivity index (χ4v) is 3.95. The average molecular weight is 514 g/mol. The van der Waals surface area contributed by atoms with Crippen LogP contribution >= 0.6 is 0 Å². The van der Waals surface area contributed by atoms with Crippen LogP contribution in [0.15, 0.2) is 72.1 Å². The predicted octanol–water partition coefficient (Wildman–Crippen LogP) is 3.23. The van der Waals surface area contributed by atoms with Crippen molar-refractivity contribution in [2.75, 3.05) is 11.9 Å². The van der Waals surface area contributed by atoms with Crippen molar-refractivity contribution in [3.8, 4) is 0 Å². The first-order valence-electron chi connectivity index (χ1n) is 11.5. The molecule has 1 aliphatic heterocycles. The van der Waals surface area contributed by atoms with Crippen LogP contribution in [-0.2, 0) is 11.3 Å². The molecule has 0 fully saturated rings. The lowest BCUT2D eigenvalue weighted by Crippen LogP contribution is -2.34. The average Bonchev–Trinajstić information content (AvgIpc) is 3.53. The van der Waals surface area contributed by atoms with Crippen molar-refractivity contribution >= 4 is 35.2 Å². The third-order valence-corrected chi connectivity index (χ3v) is 5.81. The first kappa shape index (κ1) is 24.5. The number of imidazole rings is 1. The number of rotatable bonds is 7. The lowest BCUT2D eigenvalue weighted by Gasteiger charge is -2.07. The minimum absolute atomic E-state index is 0.120. The van der Waals surface area contributed by atoms with Gasteiger partial charge in [0.25, 0.3) is 17.4 Å². The van der Waals surface area contributed by atoms with Crippen LogP contribution in [-0.4, -0.2) is 38.1 Å². The molecule has 2 amide bonds. The summed E-state index contributed by atoms with van der Waals surface area (Å²) in [6, 6.07) is 10.1. The number of anilines is 1. The molecule has 0 atom stereocenters. The van der Waals surface area contributed by atoms with Crippen LogP contribution in [0.25, 0.3) is 17.7 Å². The Morgan fingerprint density at radius 3 is 2.74 bits per heavy atom. The molecule has 0 bridgehead atoms. The van der Waals surface area contributed by atoms with Gasteiger partial charge in [-0.25, -0.2) is 18.4 Å². The number of H-pyrrole nitrogens is 1. The van der Waals surface area contributed by atoms with Gasteiger partial charge in [-0.05, 0) is 41.5 Å². The highest BCUT2D eigenvalue weighted by atomic mass is 19.2. The summed E-state index contributed by atoms with van der Waals surface area (Å²) in [5.41, 5.74) is 3.03. The minimum atomic E-state index is -1.03. The molecule has 3 N–H and O–H groups in total. The molecule has 1 aliphatic rings. The monoisotopic (exact) mass is 514 g/mol. The molecular formula is C27H20F2N6O3. The van der Waals surface area contributed by atoms with Gasteiger partial charge in [0, 0.05) is 24.0 Å². The van der Waals surface area contributed by atoms with E-state index in [0.29, 0.717) is 22.5 Å². The number of nitrogens with one attached hydrogen (secondary N) is 3. The lowest BCUT2D eigenvalue weighted by molar-refractivity contribution is -0.110. The minimum Gasteiger partial charge on any atom is -0.348 e. The molecule has 4 aromatic rings. The van der Waals surface area contributed by atoms with Crippen LogP contribution < -0.4 is 16.2 Å². The highest BCUT2D eigenvalue weighted by molar-refractivity contribution is 6.34. The Balaban J connectivity index is 1.22. The Morgan fingerprint density at radius 2 is 1.95 bits per heavy atom. The topological polar surface area (TPSA) is 122 Å². The van der Waals surface area contributed by atoms with Crippen LogP contribution in [0.2, 0.25) is 0 Å². The molecule has 38 heavy (non-hydrogen) atoms. The SMILES string of the molecule is O=C1Nc2cc(/C=C/CNC(=O)c3ccnn(Cc4ccc(F)c(F)c4)c3=O)ccc2/C1=C/c1cnc[nH]1. The molecule has 0 radical (unpaired) electrons. The molecule has 5 rings (SSSR count). The normalized spacial score (nSPS) is 13.6. The molecule has 9 nitrogen and oxygen atoms in total. The van der Waals surface area contributed by atoms with E-state index in [1.807, 2.05) is 18.2 Å². The summed E-state index contributed by atoms with van der Waals surface area (Å²) in [5.74, 6) is -2.84. The van der Waals surface area contributed by atoms with Gasteiger partial charge in [0.05, 0.1) is 30.3 Å². The Kier molecular flexibility index (Phi) is 6.72. The van der Waals surface area contributed by atoms with Gasteiger partial charge in [0.2, 0.25) is 0 Å². The number of carbonyl (C=O) groups excluding carboxylic acids is 2. The van der Waals surface area contributed by atoms with E-state index < -0.39 is 23.1 Å². The maximum atomic E-state index is 13.5. The van der Waals surface area contributed by atoms with Crippen LogP contribution in [0.3, 0.4) is 0 Å². The third-order valence-electron chi connectivity index (χ3n) is 5.81. The van der Waals surface area contributed by atoms with Gasteiger partial charge < -0.3 is 15.6 Å². The van der Waals surface area contributed by atoms with E-state index in [0.717, 1.165) is 27.9 Å². The second-order valence-corrected chi connectivity index (χ2v) is 8.39. The number of amides is 2. The second kappa shape index (κ2) is 10.4. The van der Waals surface area contributed by atoms with Crippen molar-refractivity contribution < 1.29 is 18.4 Å².